The molecule has 1 amide bonds. The van der Waals surface area contributed by atoms with Crippen LogP contribution in [0.15, 0.2) is 48.5 Å². The van der Waals surface area contributed by atoms with E-state index in [2.05, 4.69) is 6.92 Å². The lowest BCUT2D eigenvalue weighted by molar-refractivity contribution is 0.0760. The van der Waals surface area contributed by atoms with E-state index in [9.17, 15) is 9.18 Å². The summed E-state index contributed by atoms with van der Waals surface area (Å²) in [5.74, 6) is 0.697. The Kier molecular flexibility index (Phi) is 4.48. The molecule has 0 saturated carbocycles. The number of aryl methyl sites for hydroxylation is 1. The van der Waals surface area contributed by atoms with Gasteiger partial charge in [0.25, 0.3) is 5.91 Å². The zero-order valence-electron chi connectivity index (χ0n) is 12.5. The predicted molar refractivity (Wildman–Crippen MR) is 88.5 cm³/mol. The summed E-state index contributed by atoms with van der Waals surface area (Å²) in [6.07, 6.45) is 0.965. The number of carbonyl (C=O) groups is 1. The lowest BCUT2D eigenvalue weighted by atomic mass is 10.1. The number of nitrogens with zero attached hydrogens (tertiary/aromatic N) is 1. The van der Waals surface area contributed by atoms with Crippen molar-refractivity contribution in [2.24, 2.45) is 0 Å². The Bertz CT molecular complexity index is 654. The number of amides is 1. The molecule has 2 aromatic rings. The molecular weight excluding hydrogens is 297 g/mol. The molecule has 2 aromatic carbocycles. The topological polar surface area (TPSA) is 20.3 Å². The summed E-state index contributed by atoms with van der Waals surface area (Å²) >= 11 is 1.72. The molecule has 0 radical (unpaired) electrons. The minimum atomic E-state index is -0.250. The molecular formula is C18H18FNOS. The van der Waals surface area contributed by atoms with Crippen LogP contribution in [0.25, 0.3) is 0 Å². The minimum Gasteiger partial charge on any atom is -0.322 e. The Morgan fingerprint density at radius 3 is 2.50 bits per heavy atom. The molecule has 0 N–H and O–H groups in total. The molecule has 1 atom stereocenters. The molecule has 0 bridgehead atoms. The van der Waals surface area contributed by atoms with Gasteiger partial charge in [-0.15, -0.1) is 11.8 Å². The third-order valence-corrected chi connectivity index (χ3v) is 5.18. The summed E-state index contributed by atoms with van der Waals surface area (Å²) in [6.45, 7) is 2.82. The van der Waals surface area contributed by atoms with Crippen LogP contribution >= 0.6 is 11.8 Å². The first-order valence-electron chi connectivity index (χ1n) is 7.46. The maximum Gasteiger partial charge on any atom is 0.255 e. The van der Waals surface area contributed by atoms with Crippen molar-refractivity contribution in [2.45, 2.75) is 18.7 Å². The van der Waals surface area contributed by atoms with Crippen molar-refractivity contribution in [3.8, 4) is 0 Å². The van der Waals surface area contributed by atoms with Crippen LogP contribution in [-0.4, -0.2) is 23.1 Å². The van der Waals surface area contributed by atoms with Crippen LogP contribution in [0.3, 0.4) is 0 Å². The highest BCUT2D eigenvalue weighted by atomic mass is 32.2. The van der Waals surface area contributed by atoms with Gasteiger partial charge in [0.1, 0.15) is 11.2 Å². The van der Waals surface area contributed by atoms with Crippen molar-refractivity contribution in [1.82, 2.24) is 4.90 Å². The van der Waals surface area contributed by atoms with Gasteiger partial charge in [0, 0.05) is 17.9 Å². The number of rotatable bonds is 3. The minimum absolute atomic E-state index is 0.0287. The summed E-state index contributed by atoms with van der Waals surface area (Å²) in [5.41, 5.74) is 2.91. The number of hydrogen-bond donors (Lipinski definition) is 0. The number of hydrogen-bond acceptors (Lipinski definition) is 2. The molecule has 1 aliphatic heterocycles. The monoisotopic (exact) mass is 315 g/mol. The van der Waals surface area contributed by atoms with Crippen LogP contribution < -0.4 is 0 Å². The normalized spacial score (nSPS) is 17.7. The maximum absolute atomic E-state index is 13.1. The van der Waals surface area contributed by atoms with E-state index in [0.717, 1.165) is 24.3 Å². The highest BCUT2D eigenvalue weighted by molar-refractivity contribution is 7.99. The average Bonchev–Trinajstić information content (AvgIpc) is 3.04. The Morgan fingerprint density at radius 2 is 1.86 bits per heavy atom. The Hall–Kier alpha value is -1.81. The number of benzene rings is 2. The van der Waals surface area contributed by atoms with E-state index >= 15 is 0 Å². The third-order valence-electron chi connectivity index (χ3n) is 3.92. The molecule has 1 saturated heterocycles. The SMILES string of the molecule is CCc1ccc(C(=O)N2CCS[C@@H]2c2ccc(F)cc2)cc1. The first-order valence-corrected chi connectivity index (χ1v) is 8.51. The van der Waals surface area contributed by atoms with Crippen molar-refractivity contribution in [3.05, 3.63) is 71.0 Å². The van der Waals surface area contributed by atoms with Gasteiger partial charge < -0.3 is 4.90 Å². The number of halogens is 1. The summed E-state index contributed by atoms with van der Waals surface area (Å²) < 4.78 is 13.1. The second-order valence-corrected chi connectivity index (χ2v) is 6.51. The second-order valence-electron chi connectivity index (χ2n) is 5.32. The molecule has 1 fully saturated rings. The molecule has 4 heteroatoms. The fourth-order valence-electron chi connectivity index (χ4n) is 2.63. The Morgan fingerprint density at radius 1 is 1.18 bits per heavy atom. The zero-order valence-corrected chi connectivity index (χ0v) is 13.3. The molecule has 2 nitrogen and oxygen atoms in total. The summed E-state index contributed by atoms with van der Waals surface area (Å²) in [6, 6.07) is 14.2. The Labute approximate surface area is 134 Å². The Balaban J connectivity index is 1.82. The van der Waals surface area contributed by atoms with E-state index in [-0.39, 0.29) is 17.1 Å². The van der Waals surface area contributed by atoms with Gasteiger partial charge in [-0.3, -0.25) is 4.79 Å². The van der Waals surface area contributed by atoms with Gasteiger partial charge in [-0.05, 0) is 41.8 Å². The van der Waals surface area contributed by atoms with E-state index in [1.807, 2.05) is 29.2 Å². The molecule has 0 aromatic heterocycles. The highest BCUT2D eigenvalue weighted by Gasteiger charge is 2.31. The molecule has 114 valence electrons. The van der Waals surface area contributed by atoms with E-state index in [1.54, 1.807) is 23.9 Å². The van der Waals surface area contributed by atoms with Gasteiger partial charge >= 0.3 is 0 Å². The van der Waals surface area contributed by atoms with Crippen molar-refractivity contribution >= 4 is 17.7 Å². The zero-order chi connectivity index (χ0) is 15.5. The third kappa shape index (κ3) is 3.02. The summed E-state index contributed by atoms with van der Waals surface area (Å²) in [7, 11) is 0. The second kappa shape index (κ2) is 6.53. The average molecular weight is 315 g/mol. The highest BCUT2D eigenvalue weighted by Crippen LogP contribution is 2.38. The van der Waals surface area contributed by atoms with Crippen molar-refractivity contribution in [1.29, 1.82) is 0 Å². The van der Waals surface area contributed by atoms with E-state index < -0.39 is 0 Å². The van der Waals surface area contributed by atoms with Crippen LogP contribution in [0.1, 0.15) is 33.8 Å². The molecule has 22 heavy (non-hydrogen) atoms. The quantitative estimate of drug-likeness (QED) is 0.843. The predicted octanol–water partition coefficient (Wildman–Crippen LogP) is 4.28. The fourth-order valence-corrected chi connectivity index (χ4v) is 3.89. The van der Waals surface area contributed by atoms with E-state index in [1.165, 1.54) is 17.7 Å². The fraction of sp³-hybridized carbons (Fsp3) is 0.278. The summed E-state index contributed by atoms with van der Waals surface area (Å²) in [5, 5.41) is -0.0287. The molecule has 0 unspecified atom stereocenters. The van der Waals surface area contributed by atoms with E-state index in [4.69, 9.17) is 0 Å². The smallest absolute Gasteiger partial charge is 0.255 e. The largest absolute Gasteiger partial charge is 0.322 e. The van der Waals surface area contributed by atoms with Crippen LogP contribution in [-0.2, 0) is 6.42 Å². The van der Waals surface area contributed by atoms with Gasteiger partial charge in [-0.2, -0.15) is 0 Å². The van der Waals surface area contributed by atoms with Crippen LogP contribution in [0.5, 0.6) is 0 Å². The van der Waals surface area contributed by atoms with Gasteiger partial charge in [0.2, 0.25) is 0 Å². The first-order chi connectivity index (χ1) is 10.7. The van der Waals surface area contributed by atoms with E-state index in [0.29, 0.717) is 5.56 Å². The molecule has 0 spiro atoms. The molecule has 1 aliphatic rings. The lowest BCUT2D eigenvalue weighted by Gasteiger charge is -2.24. The molecule has 0 aliphatic carbocycles. The standard InChI is InChI=1S/C18H18FNOS/c1-2-13-3-5-14(6-4-13)17(21)20-11-12-22-18(20)15-7-9-16(19)10-8-15/h3-10,18H,2,11-12H2,1H3/t18-/m1/s1. The molecule has 3 rings (SSSR count). The lowest BCUT2D eigenvalue weighted by Crippen LogP contribution is -2.30. The summed E-state index contributed by atoms with van der Waals surface area (Å²) in [4.78, 5) is 14.6. The van der Waals surface area contributed by atoms with Crippen molar-refractivity contribution in [2.75, 3.05) is 12.3 Å². The van der Waals surface area contributed by atoms with Crippen LogP contribution in [0.4, 0.5) is 4.39 Å². The van der Waals surface area contributed by atoms with Crippen molar-refractivity contribution in [3.63, 3.8) is 0 Å². The first kappa shape index (κ1) is 15.1. The number of thioether (sulfide) groups is 1. The van der Waals surface area contributed by atoms with Crippen LogP contribution in [0.2, 0.25) is 0 Å². The number of carbonyl (C=O) groups excluding carboxylic acids is 1. The maximum atomic E-state index is 13.1. The van der Waals surface area contributed by atoms with Crippen LogP contribution in [0, 0.1) is 5.82 Å². The van der Waals surface area contributed by atoms with Gasteiger partial charge in [0.05, 0.1) is 0 Å². The van der Waals surface area contributed by atoms with Gasteiger partial charge in [0.15, 0.2) is 0 Å². The van der Waals surface area contributed by atoms with Crippen molar-refractivity contribution < 1.29 is 9.18 Å². The van der Waals surface area contributed by atoms with Gasteiger partial charge in [-0.1, -0.05) is 31.2 Å². The molecule has 1 heterocycles. The van der Waals surface area contributed by atoms with Gasteiger partial charge in [-0.25, -0.2) is 4.39 Å².